The predicted molar refractivity (Wildman–Crippen MR) is 68.8 cm³/mol. The van der Waals surface area contributed by atoms with Crippen LogP contribution in [0.4, 0.5) is 0 Å². The molecule has 1 aromatic carbocycles. The van der Waals surface area contributed by atoms with Gasteiger partial charge in [0.15, 0.2) is 0 Å². The van der Waals surface area contributed by atoms with Gasteiger partial charge in [-0.3, -0.25) is 9.59 Å². The summed E-state index contributed by atoms with van der Waals surface area (Å²) in [6.07, 6.45) is 0.639. The van der Waals surface area contributed by atoms with Gasteiger partial charge in [-0.2, -0.15) is 0 Å². The summed E-state index contributed by atoms with van der Waals surface area (Å²) < 4.78 is 9.43. The minimum absolute atomic E-state index is 0.0290. The smallest absolute Gasteiger partial charge is 0.306 e. The van der Waals surface area contributed by atoms with E-state index in [9.17, 15) is 14.7 Å². The SMILES string of the molecule is COC(=O)CCC(=O)OCCc1ccc(O)c(C)c1. The third-order valence-electron chi connectivity index (χ3n) is 2.68. The van der Waals surface area contributed by atoms with E-state index in [1.54, 1.807) is 19.1 Å². The first-order valence-corrected chi connectivity index (χ1v) is 6.04. The second kappa shape index (κ2) is 7.41. The van der Waals surface area contributed by atoms with Crippen molar-refractivity contribution in [1.29, 1.82) is 0 Å². The van der Waals surface area contributed by atoms with Crippen molar-refractivity contribution in [2.24, 2.45) is 0 Å². The molecular formula is C14H18O5. The summed E-state index contributed by atoms with van der Waals surface area (Å²) in [7, 11) is 1.28. The van der Waals surface area contributed by atoms with E-state index >= 15 is 0 Å². The number of hydrogen-bond acceptors (Lipinski definition) is 5. The Kier molecular flexibility index (Phi) is 5.85. The van der Waals surface area contributed by atoms with E-state index in [2.05, 4.69) is 4.74 Å². The summed E-state index contributed by atoms with van der Waals surface area (Å²) in [4.78, 5) is 22.1. The van der Waals surface area contributed by atoms with Crippen molar-refractivity contribution in [2.75, 3.05) is 13.7 Å². The average Bonchev–Trinajstić information content (AvgIpc) is 2.40. The van der Waals surface area contributed by atoms with Crippen LogP contribution in [-0.2, 0) is 25.5 Å². The van der Waals surface area contributed by atoms with Gasteiger partial charge >= 0.3 is 11.9 Å². The van der Waals surface area contributed by atoms with Crippen LogP contribution >= 0.6 is 0 Å². The molecule has 0 atom stereocenters. The van der Waals surface area contributed by atoms with Crippen molar-refractivity contribution in [2.45, 2.75) is 26.2 Å². The van der Waals surface area contributed by atoms with Gasteiger partial charge in [0.25, 0.3) is 0 Å². The zero-order valence-electron chi connectivity index (χ0n) is 11.1. The summed E-state index contributed by atoms with van der Waals surface area (Å²) in [5.41, 5.74) is 1.77. The summed E-state index contributed by atoms with van der Waals surface area (Å²) in [5, 5.41) is 9.37. The Balaban J connectivity index is 2.28. The molecule has 104 valence electrons. The Hall–Kier alpha value is -2.04. The van der Waals surface area contributed by atoms with Crippen LogP contribution in [0.1, 0.15) is 24.0 Å². The molecule has 0 aromatic heterocycles. The topological polar surface area (TPSA) is 72.8 Å². The molecule has 19 heavy (non-hydrogen) atoms. The van der Waals surface area contributed by atoms with Crippen molar-refractivity contribution in [1.82, 2.24) is 0 Å². The molecule has 0 unspecified atom stereocenters. The second-order valence-corrected chi connectivity index (χ2v) is 4.17. The number of esters is 2. The number of ether oxygens (including phenoxy) is 2. The maximum atomic E-state index is 11.3. The van der Waals surface area contributed by atoms with E-state index in [1.807, 2.05) is 6.07 Å². The molecular weight excluding hydrogens is 248 g/mol. The molecule has 0 fully saturated rings. The van der Waals surface area contributed by atoms with Crippen LogP contribution in [-0.4, -0.2) is 30.8 Å². The van der Waals surface area contributed by atoms with Crippen LogP contribution in [0.5, 0.6) is 5.75 Å². The number of aromatic hydroxyl groups is 1. The van der Waals surface area contributed by atoms with E-state index in [4.69, 9.17) is 4.74 Å². The van der Waals surface area contributed by atoms with E-state index < -0.39 is 11.9 Å². The Morgan fingerprint density at radius 3 is 2.53 bits per heavy atom. The highest BCUT2D eigenvalue weighted by Gasteiger charge is 2.08. The number of hydrogen-bond donors (Lipinski definition) is 1. The molecule has 5 heteroatoms. The standard InChI is InChI=1S/C14H18O5/c1-10-9-11(3-4-12(10)15)7-8-19-14(17)6-5-13(16)18-2/h3-4,9,15H,5-8H2,1-2H3. The molecule has 1 aromatic rings. The summed E-state index contributed by atoms with van der Waals surface area (Å²) in [6.45, 7) is 2.06. The number of rotatable bonds is 6. The lowest BCUT2D eigenvalue weighted by molar-refractivity contribution is -0.148. The number of carbonyl (C=O) groups excluding carboxylic acids is 2. The molecule has 0 heterocycles. The molecule has 0 aliphatic rings. The molecule has 0 spiro atoms. The summed E-state index contributed by atoms with van der Waals surface area (Å²) >= 11 is 0. The van der Waals surface area contributed by atoms with Crippen LogP contribution in [0, 0.1) is 6.92 Å². The molecule has 1 N–H and O–H groups in total. The fourth-order valence-corrected chi connectivity index (χ4v) is 1.53. The lowest BCUT2D eigenvalue weighted by Crippen LogP contribution is -2.10. The lowest BCUT2D eigenvalue weighted by Gasteiger charge is -2.06. The fraction of sp³-hybridized carbons (Fsp3) is 0.429. The van der Waals surface area contributed by atoms with Crippen LogP contribution in [0.2, 0.25) is 0 Å². The first kappa shape index (κ1) is 15.0. The van der Waals surface area contributed by atoms with Gasteiger partial charge in [0.1, 0.15) is 5.75 Å². The second-order valence-electron chi connectivity index (χ2n) is 4.17. The van der Waals surface area contributed by atoms with Gasteiger partial charge in [-0.15, -0.1) is 0 Å². The zero-order chi connectivity index (χ0) is 14.3. The van der Waals surface area contributed by atoms with Crippen LogP contribution in [0.25, 0.3) is 0 Å². The molecule has 0 saturated heterocycles. The number of methoxy groups -OCH3 is 1. The van der Waals surface area contributed by atoms with Crippen molar-refractivity contribution < 1.29 is 24.2 Å². The van der Waals surface area contributed by atoms with E-state index in [0.29, 0.717) is 6.42 Å². The zero-order valence-corrected chi connectivity index (χ0v) is 11.1. The largest absolute Gasteiger partial charge is 0.508 e. The van der Waals surface area contributed by atoms with Gasteiger partial charge in [0.2, 0.25) is 0 Å². The van der Waals surface area contributed by atoms with Crippen molar-refractivity contribution >= 4 is 11.9 Å². The molecule has 0 amide bonds. The van der Waals surface area contributed by atoms with Crippen molar-refractivity contribution in [3.63, 3.8) is 0 Å². The molecule has 0 aliphatic carbocycles. The third kappa shape index (κ3) is 5.42. The first-order valence-electron chi connectivity index (χ1n) is 6.04. The molecule has 0 bridgehead atoms. The quantitative estimate of drug-likeness (QED) is 0.794. The normalized spacial score (nSPS) is 10.0. The maximum absolute atomic E-state index is 11.3. The van der Waals surface area contributed by atoms with Crippen LogP contribution in [0.3, 0.4) is 0 Å². The number of carbonyl (C=O) groups is 2. The van der Waals surface area contributed by atoms with Gasteiger partial charge < -0.3 is 14.6 Å². The first-order chi connectivity index (χ1) is 9.02. The highest BCUT2D eigenvalue weighted by molar-refractivity contribution is 5.77. The summed E-state index contributed by atoms with van der Waals surface area (Å²) in [5.74, 6) is -0.592. The molecule has 0 saturated carbocycles. The minimum atomic E-state index is -0.425. The Bertz CT molecular complexity index is 453. The van der Waals surface area contributed by atoms with E-state index in [0.717, 1.165) is 11.1 Å². The van der Waals surface area contributed by atoms with Gasteiger partial charge in [0, 0.05) is 6.42 Å². The Morgan fingerprint density at radius 1 is 1.21 bits per heavy atom. The lowest BCUT2D eigenvalue weighted by atomic mass is 10.1. The predicted octanol–water partition coefficient (Wildman–Crippen LogP) is 1.74. The van der Waals surface area contributed by atoms with Crippen molar-refractivity contribution in [3.8, 4) is 5.75 Å². The molecule has 0 aliphatic heterocycles. The number of benzene rings is 1. The highest BCUT2D eigenvalue weighted by Crippen LogP contribution is 2.17. The summed E-state index contributed by atoms with van der Waals surface area (Å²) in [6, 6.07) is 5.24. The van der Waals surface area contributed by atoms with Gasteiger partial charge in [-0.05, 0) is 24.1 Å². The van der Waals surface area contributed by atoms with Gasteiger partial charge in [-0.25, -0.2) is 0 Å². The molecule has 5 nitrogen and oxygen atoms in total. The van der Waals surface area contributed by atoms with Gasteiger partial charge in [0.05, 0.1) is 26.6 Å². The molecule has 1 rings (SSSR count). The average molecular weight is 266 g/mol. The number of phenolic OH excluding ortho intramolecular Hbond substituents is 1. The van der Waals surface area contributed by atoms with Crippen molar-refractivity contribution in [3.05, 3.63) is 29.3 Å². The minimum Gasteiger partial charge on any atom is -0.508 e. The maximum Gasteiger partial charge on any atom is 0.306 e. The Morgan fingerprint density at radius 2 is 1.89 bits per heavy atom. The third-order valence-corrected chi connectivity index (χ3v) is 2.68. The molecule has 0 radical (unpaired) electrons. The van der Waals surface area contributed by atoms with Gasteiger partial charge in [-0.1, -0.05) is 12.1 Å². The van der Waals surface area contributed by atoms with Crippen LogP contribution < -0.4 is 0 Å². The van der Waals surface area contributed by atoms with E-state index in [-0.39, 0.29) is 25.2 Å². The number of aryl methyl sites for hydroxylation is 1. The van der Waals surface area contributed by atoms with Crippen LogP contribution in [0.15, 0.2) is 18.2 Å². The Labute approximate surface area is 112 Å². The van der Waals surface area contributed by atoms with E-state index in [1.165, 1.54) is 7.11 Å². The number of phenols is 1. The highest BCUT2D eigenvalue weighted by atomic mass is 16.5. The fourth-order valence-electron chi connectivity index (χ4n) is 1.53. The monoisotopic (exact) mass is 266 g/mol.